The molecule has 0 N–H and O–H groups in total. The Bertz CT molecular complexity index is 906. The number of carbonyl (C=O) groups excluding carboxylic acids is 1. The van der Waals surface area contributed by atoms with E-state index in [4.69, 9.17) is 4.42 Å². The van der Waals surface area contributed by atoms with E-state index in [0.29, 0.717) is 24.9 Å². The van der Waals surface area contributed by atoms with Crippen LogP contribution in [0.1, 0.15) is 60.7 Å². The van der Waals surface area contributed by atoms with Crippen LogP contribution < -0.4 is 0 Å². The monoisotopic (exact) mass is 404 g/mol. The first-order chi connectivity index (χ1) is 13.8. The summed E-state index contributed by atoms with van der Waals surface area (Å²) in [5, 5.41) is 8.50. The average molecular weight is 404 g/mol. The minimum atomic E-state index is -0.692. The van der Waals surface area contributed by atoms with Crippen molar-refractivity contribution in [2.75, 3.05) is 33.2 Å². The van der Waals surface area contributed by atoms with Crippen LogP contribution in [0.5, 0.6) is 0 Å². The van der Waals surface area contributed by atoms with Gasteiger partial charge in [-0.2, -0.15) is 0 Å². The van der Waals surface area contributed by atoms with E-state index < -0.39 is 17.5 Å². The molecule has 3 heterocycles. The number of carbonyl (C=O) groups is 1. The van der Waals surface area contributed by atoms with Gasteiger partial charge in [-0.25, -0.2) is 8.78 Å². The SMILES string of the molecule is CC(C)c1nnc(C2CN(C)CC23CCN(C(=O)c2cc(F)ccc2F)CC3)o1. The first-order valence-corrected chi connectivity index (χ1v) is 10.1. The van der Waals surface area contributed by atoms with Gasteiger partial charge in [-0.1, -0.05) is 13.8 Å². The number of likely N-dealkylation sites (tertiary alicyclic amines) is 2. The van der Waals surface area contributed by atoms with E-state index in [9.17, 15) is 13.6 Å². The number of piperidine rings is 1. The summed E-state index contributed by atoms with van der Waals surface area (Å²) in [6, 6.07) is 2.99. The van der Waals surface area contributed by atoms with Crippen LogP contribution in [0.3, 0.4) is 0 Å². The quantitative estimate of drug-likeness (QED) is 0.784. The second kappa shape index (κ2) is 7.48. The third-order valence-electron chi connectivity index (χ3n) is 6.27. The molecule has 6 nitrogen and oxygen atoms in total. The van der Waals surface area contributed by atoms with Crippen molar-refractivity contribution in [3.05, 3.63) is 47.2 Å². The number of nitrogens with zero attached hydrogens (tertiary/aromatic N) is 4. The average Bonchev–Trinajstić information content (AvgIpc) is 3.29. The Balaban J connectivity index is 1.51. The molecule has 1 aromatic carbocycles. The summed E-state index contributed by atoms with van der Waals surface area (Å²) in [7, 11) is 2.07. The molecule has 2 aromatic rings. The van der Waals surface area contributed by atoms with E-state index in [-0.39, 0.29) is 22.8 Å². The molecule has 8 heteroatoms. The molecule has 1 amide bonds. The van der Waals surface area contributed by atoms with Crippen LogP contribution in [0, 0.1) is 17.0 Å². The van der Waals surface area contributed by atoms with Gasteiger partial charge in [0, 0.05) is 32.1 Å². The molecule has 1 aromatic heterocycles. The normalized spacial score (nSPS) is 22.0. The molecule has 2 fully saturated rings. The lowest BCUT2D eigenvalue weighted by molar-refractivity contribution is 0.0546. The van der Waals surface area contributed by atoms with Crippen LogP contribution in [-0.2, 0) is 0 Å². The van der Waals surface area contributed by atoms with E-state index >= 15 is 0 Å². The summed E-state index contributed by atoms with van der Waals surface area (Å²) < 4.78 is 33.5. The van der Waals surface area contributed by atoms with Crippen LogP contribution in [0.2, 0.25) is 0 Å². The van der Waals surface area contributed by atoms with Crippen molar-refractivity contribution in [1.82, 2.24) is 20.0 Å². The molecule has 0 saturated carbocycles. The Morgan fingerprint density at radius 2 is 1.97 bits per heavy atom. The largest absolute Gasteiger partial charge is 0.425 e. The van der Waals surface area contributed by atoms with Gasteiger partial charge in [-0.15, -0.1) is 10.2 Å². The smallest absolute Gasteiger partial charge is 0.256 e. The topological polar surface area (TPSA) is 62.5 Å². The second-order valence-corrected chi connectivity index (χ2v) is 8.66. The first-order valence-electron chi connectivity index (χ1n) is 10.1. The van der Waals surface area contributed by atoms with Gasteiger partial charge >= 0.3 is 0 Å². The van der Waals surface area contributed by atoms with Crippen LogP contribution in [-0.4, -0.2) is 59.1 Å². The zero-order valence-corrected chi connectivity index (χ0v) is 17.0. The number of rotatable bonds is 3. The fraction of sp³-hybridized carbons (Fsp3) is 0.571. The molecule has 1 unspecified atom stereocenters. The van der Waals surface area contributed by atoms with Crippen molar-refractivity contribution in [2.24, 2.45) is 5.41 Å². The van der Waals surface area contributed by atoms with Gasteiger partial charge < -0.3 is 14.2 Å². The van der Waals surface area contributed by atoms with Gasteiger partial charge in [-0.3, -0.25) is 4.79 Å². The highest BCUT2D eigenvalue weighted by Crippen LogP contribution is 2.49. The number of aromatic nitrogens is 2. The molecule has 156 valence electrons. The third-order valence-corrected chi connectivity index (χ3v) is 6.27. The Kier molecular flexibility index (Phi) is 5.14. The maximum absolute atomic E-state index is 14.0. The summed E-state index contributed by atoms with van der Waals surface area (Å²) in [5.41, 5.74) is -0.271. The molecule has 1 spiro atoms. The van der Waals surface area contributed by atoms with Gasteiger partial charge in [0.2, 0.25) is 11.8 Å². The molecule has 1 atom stereocenters. The number of hydrogen-bond acceptors (Lipinski definition) is 5. The Labute approximate surface area is 168 Å². The highest BCUT2D eigenvalue weighted by atomic mass is 19.1. The van der Waals surface area contributed by atoms with Crippen molar-refractivity contribution in [3.8, 4) is 0 Å². The van der Waals surface area contributed by atoms with Crippen molar-refractivity contribution < 1.29 is 18.0 Å². The highest BCUT2D eigenvalue weighted by Gasteiger charge is 2.50. The predicted octanol–water partition coefficient (Wildman–Crippen LogP) is 3.42. The maximum Gasteiger partial charge on any atom is 0.256 e. The number of amides is 1. The van der Waals surface area contributed by atoms with Crippen LogP contribution in [0.25, 0.3) is 0 Å². The first kappa shape index (κ1) is 19.9. The van der Waals surface area contributed by atoms with Crippen LogP contribution in [0.4, 0.5) is 8.78 Å². The molecule has 2 aliphatic rings. The zero-order valence-electron chi connectivity index (χ0n) is 17.0. The lowest BCUT2D eigenvalue weighted by Gasteiger charge is -2.41. The molecule has 2 saturated heterocycles. The van der Waals surface area contributed by atoms with Crippen molar-refractivity contribution in [3.63, 3.8) is 0 Å². The van der Waals surface area contributed by atoms with Gasteiger partial charge in [0.1, 0.15) is 11.6 Å². The number of halogens is 2. The number of benzene rings is 1. The summed E-state index contributed by atoms with van der Waals surface area (Å²) in [6.45, 7) is 6.72. The summed E-state index contributed by atoms with van der Waals surface area (Å²) in [4.78, 5) is 16.6. The van der Waals surface area contributed by atoms with E-state index in [2.05, 4.69) is 22.1 Å². The summed E-state index contributed by atoms with van der Waals surface area (Å²) in [5.74, 6) is -0.185. The van der Waals surface area contributed by atoms with Gasteiger partial charge in [0.25, 0.3) is 5.91 Å². The van der Waals surface area contributed by atoms with E-state index in [1.165, 1.54) is 0 Å². The molecule has 2 aliphatic heterocycles. The molecule has 0 radical (unpaired) electrons. The maximum atomic E-state index is 14.0. The van der Waals surface area contributed by atoms with E-state index in [0.717, 1.165) is 44.1 Å². The van der Waals surface area contributed by atoms with Crippen molar-refractivity contribution in [1.29, 1.82) is 0 Å². The molecule has 0 aliphatic carbocycles. The Morgan fingerprint density at radius 3 is 2.62 bits per heavy atom. The van der Waals surface area contributed by atoms with Crippen molar-refractivity contribution >= 4 is 5.91 Å². The molecule has 4 rings (SSSR count). The lowest BCUT2D eigenvalue weighted by atomic mass is 9.70. The van der Waals surface area contributed by atoms with Gasteiger partial charge in [0.15, 0.2) is 0 Å². The lowest BCUT2D eigenvalue weighted by Crippen LogP contribution is -2.46. The zero-order chi connectivity index (χ0) is 20.8. The predicted molar refractivity (Wildman–Crippen MR) is 103 cm³/mol. The van der Waals surface area contributed by atoms with Crippen molar-refractivity contribution in [2.45, 2.75) is 38.5 Å². The molecular weight excluding hydrogens is 378 g/mol. The van der Waals surface area contributed by atoms with Crippen LogP contribution in [0.15, 0.2) is 22.6 Å². The van der Waals surface area contributed by atoms with E-state index in [1.807, 2.05) is 13.8 Å². The Hall–Kier alpha value is -2.35. The Morgan fingerprint density at radius 1 is 1.24 bits per heavy atom. The van der Waals surface area contributed by atoms with E-state index in [1.54, 1.807) is 4.90 Å². The highest BCUT2D eigenvalue weighted by molar-refractivity contribution is 5.94. The fourth-order valence-corrected chi connectivity index (χ4v) is 4.67. The molecule has 0 bridgehead atoms. The van der Waals surface area contributed by atoms with Crippen LogP contribution >= 0.6 is 0 Å². The number of likely N-dealkylation sites (N-methyl/N-ethyl adjacent to an activating group) is 1. The molecule has 29 heavy (non-hydrogen) atoms. The fourth-order valence-electron chi connectivity index (χ4n) is 4.67. The van der Waals surface area contributed by atoms with Gasteiger partial charge in [-0.05, 0) is 43.5 Å². The summed E-state index contributed by atoms with van der Waals surface area (Å²) >= 11 is 0. The summed E-state index contributed by atoms with van der Waals surface area (Å²) in [6.07, 6.45) is 1.51. The third kappa shape index (κ3) is 3.66. The molecular formula is C21H26F2N4O2. The number of hydrogen-bond donors (Lipinski definition) is 0. The van der Waals surface area contributed by atoms with Gasteiger partial charge in [0.05, 0.1) is 11.5 Å². The minimum absolute atomic E-state index is 0.0627. The standard InChI is InChI=1S/C21H26F2N4O2/c1-13(2)18-24-25-19(29-18)16-11-26(3)12-21(16)6-8-27(9-7-21)20(28)15-10-14(22)4-5-17(15)23/h4-5,10,13,16H,6-9,11-12H2,1-3H3. The minimum Gasteiger partial charge on any atom is -0.425 e. The second-order valence-electron chi connectivity index (χ2n) is 8.66.